The quantitative estimate of drug-likeness (QED) is 0.798. The van der Waals surface area contributed by atoms with E-state index in [1.807, 2.05) is 0 Å². The van der Waals surface area contributed by atoms with Gasteiger partial charge in [-0.15, -0.1) is 0 Å². The predicted octanol–water partition coefficient (Wildman–Crippen LogP) is 1.39. The molecule has 0 aromatic heterocycles. The lowest BCUT2D eigenvalue weighted by Crippen LogP contribution is -2.18. The summed E-state index contributed by atoms with van der Waals surface area (Å²) in [4.78, 5) is 10.5. The lowest BCUT2D eigenvalue weighted by Gasteiger charge is -2.15. The number of aliphatic hydroxyl groups excluding tert-OH is 1. The Morgan fingerprint density at radius 1 is 1.44 bits per heavy atom. The normalized spacial score (nSPS) is 12.1. The van der Waals surface area contributed by atoms with Gasteiger partial charge in [0.15, 0.2) is 0 Å². The van der Waals surface area contributed by atoms with E-state index in [1.165, 1.54) is 12.1 Å². The van der Waals surface area contributed by atoms with E-state index >= 15 is 0 Å². The van der Waals surface area contributed by atoms with Gasteiger partial charge >= 0.3 is 6.09 Å². The van der Waals surface area contributed by atoms with Crippen molar-refractivity contribution in [2.75, 3.05) is 13.2 Å². The molecule has 1 amide bonds. The van der Waals surface area contributed by atoms with Crippen LogP contribution in [0.4, 0.5) is 9.18 Å². The highest BCUT2D eigenvalue weighted by atomic mass is 19.1. The van der Waals surface area contributed by atoms with Crippen molar-refractivity contribution in [1.82, 2.24) is 0 Å². The van der Waals surface area contributed by atoms with Crippen LogP contribution in [0, 0.1) is 5.82 Å². The van der Waals surface area contributed by atoms with Crippen LogP contribution in [-0.2, 0) is 4.74 Å². The number of benzene rings is 1. The van der Waals surface area contributed by atoms with Crippen LogP contribution >= 0.6 is 0 Å². The van der Waals surface area contributed by atoms with Crippen LogP contribution in [0.25, 0.3) is 0 Å². The van der Waals surface area contributed by atoms with Crippen LogP contribution in [0.1, 0.15) is 17.9 Å². The molecular formula is C11H14FNO3. The first-order valence-electron chi connectivity index (χ1n) is 4.92. The predicted molar refractivity (Wildman–Crippen MR) is 56.4 cm³/mol. The van der Waals surface area contributed by atoms with Gasteiger partial charge in [-0.1, -0.05) is 12.1 Å². The molecule has 0 aliphatic carbocycles. The molecule has 0 saturated carbocycles. The minimum atomic E-state index is -0.856. The Morgan fingerprint density at radius 2 is 2.06 bits per heavy atom. The molecule has 0 saturated heterocycles. The van der Waals surface area contributed by atoms with Gasteiger partial charge in [-0.2, -0.15) is 0 Å². The molecule has 16 heavy (non-hydrogen) atoms. The van der Waals surface area contributed by atoms with Crippen LogP contribution in [0.5, 0.6) is 0 Å². The molecule has 1 aromatic rings. The summed E-state index contributed by atoms with van der Waals surface area (Å²) in [6.07, 6.45) is -0.427. The highest BCUT2D eigenvalue weighted by Crippen LogP contribution is 2.20. The molecule has 1 rings (SSSR count). The molecule has 0 heterocycles. The van der Waals surface area contributed by atoms with Crippen molar-refractivity contribution in [1.29, 1.82) is 0 Å². The van der Waals surface area contributed by atoms with Crippen LogP contribution in [0.3, 0.4) is 0 Å². The molecule has 0 unspecified atom stereocenters. The highest BCUT2D eigenvalue weighted by molar-refractivity contribution is 5.64. The second-order valence-electron chi connectivity index (χ2n) is 3.39. The van der Waals surface area contributed by atoms with E-state index in [0.29, 0.717) is 6.42 Å². The second kappa shape index (κ2) is 6.07. The zero-order valence-corrected chi connectivity index (χ0v) is 8.73. The van der Waals surface area contributed by atoms with E-state index < -0.39 is 6.09 Å². The van der Waals surface area contributed by atoms with Crippen LogP contribution in [0.15, 0.2) is 24.3 Å². The summed E-state index contributed by atoms with van der Waals surface area (Å²) in [6.45, 7) is 0.0473. The van der Waals surface area contributed by atoms with Gasteiger partial charge in [0.1, 0.15) is 12.4 Å². The smallest absolute Gasteiger partial charge is 0.404 e. The summed E-state index contributed by atoms with van der Waals surface area (Å²) in [5.41, 5.74) is 5.66. The number of carbonyl (C=O) groups is 1. The molecule has 4 nitrogen and oxygen atoms in total. The monoisotopic (exact) mass is 227 g/mol. The molecule has 5 heteroatoms. The number of primary amides is 1. The number of hydrogen-bond acceptors (Lipinski definition) is 3. The molecule has 0 bridgehead atoms. The fourth-order valence-electron chi connectivity index (χ4n) is 1.42. The summed E-state index contributed by atoms with van der Waals surface area (Å²) in [7, 11) is 0. The second-order valence-corrected chi connectivity index (χ2v) is 3.39. The van der Waals surface area contributed by atoms with Gasteiger partial charge in [0.05, 0.1) is 0 Å². The zero-order valence-electron chi connectivity index (χ0n) is 8.73. The van der Waals surface area contributed by atoms with Crippen molar-refractivity contribution in [2.45, 2.75) is 12.3 Å². The Hall–Kier alpha value is -1.62. The molecular weight excluding hydrogens is 213 g/mol. The number of hydrogen-bond donors (Lipinski definition) is 2. The Bertz CT molecular complexity index is 340. The number of aliphatic hydroxyl groups is 1. The first-order valence-corrected chi connectivity index (χ1v) is 4.92. The fraction of sp³-hybridized carbons (Fsp3) is 0.364. The lowest BCUT2D eigenvalue weighted by molar-refractivity contribution is 0.142. The van der Waals surface area contributed by atoms with Gasteiger partial charge < -0.3 is 15.6 Å². The van der Waals surface area contributed by atoms with Crippen molar-refractivity contribution >= 4 is 6.09 Å². The van der Waals surface area contributed by atoms with Crippen molar-refractivity contribution in [3.05, 3.63) is 35.6 Å². The summed E-state index contributed by atoms with van der Waals surface area (Å²) in [5, 5.41) is 8.87. The topological polar surface area (TPSA) is 72.6 Å². The summed E-state index contributed by atoms with van der Waals surface area (Å²) in [6, 6.07) is 5.84. The van der Waals surface area contributed by atoms with E-state index in [1.54, 1.807) is 12.1 Å². The molecule has 0 aliphatic heterocycles. The van der Waals surface area contributed by atoms with Crippen molar-refractivity contribution in [2.24, 2.45) is 5.73 Å². The van der Waals surface area contributed by atoms with Gasteiger partial charge in [-0.05, 0) is 24.1 Å². The highest BCUT2D eigenvalue weighted by Gasteiger charge is 2.13. The Labute approximate surface area is 92.8 Å². The maximum atomic E-state index is 12.7. The van der Waals surface area contributed by atoms with Crippen LogP contribution in [0.2, 0.25) is 0 Å². The number of amides is 1. The largest absolute Gasteiger partial charge is 0.449 e. The van der Waals surface area contributed by atoms with Crippen LogP contribution < -0.4 is 5.73 Å². The third-order valence-corrected chi connectivity index (χ3v) is 2.25. The average Bonchev–Trinajstić information content (AvgIpc) is 2.25. The van der Waals surface area contributed by atoms with Crippen molar-refractivity contribution in [3.63, 3.8) is 0 Å². The van der Waals surface area contributed by atoms with E-state index in [-0.39, 0.29) is 24.9 Å². The van der Waals surface area contributed by atoms with Gasteiger partial charge in [0.2, 0.25) is 0 Å². The number of ether oxygens (including phenoxy) is 1. The summed E-state index contributed by atoms with van der Waals surface area (Å²) in [5.74, 6) is -0.500. The van der Waals surface area contributed by atoms with Crippen molar-refractivity contribution < 1.29 is 19.0 Å². The Balaban J connectivity index is 2.68. The first kappa shape index (κ1) is 12.4. The maximum absolute atomic E-state index is 12.7. The van der Waals surface area contributed by atoms with Gasteiger partial charge in [-0.25, -0.2) is 9.18 Å². The molecule has 88 valence electrons. The van der Waals surface area contributed by atoms with Gasteiger partial charge in [0, 0.05) is 12.5 Å². The molecule has 3 N–H and O–H groups in total. The molecule has 1 atom stereocenters. The molecule has 0 fully saturated rings. The Morgan fingerprint density at radius 3 is 2.56 bits per heavy atom. The standard InChI is InChI=1S/C11H14FNO3/c12-10-3-1-8(2-4-10)9(5-6-14)7-16-11(13)15/h1-4,9,14H,5-7H2,(H2,13,15)/t9-/m1/s1. The number of rotatable bonds is 5. The van der Waals surface area contributed by atoms with Gasteiger partial charge in [0.25, 0.3) is 0 Å². The lowest BCUT2D eigenvalue weighted by atomic mass is 9.97. The van der Waals surface area contributed by atoms with E-state index in [0.717, 1.165) is 5.56 Å². The first-order chi connectivity index (χ1) is 7.63. The molecule has 0 spiro atoms. The summed E-state index contributed by atoms with van der Waals surface area (Å²) >= 11 is 0. The number of halogens is 1. The maximum Gasteiger partial charge on any atom is 0.404 e. The minimum Gasteiger partial charge on any atom is -0.449 e. The van der Waals surface area contributed by atoms with Gasteiger partial charge in [-0.3, -0.25) is 0 Å². The zero-order chi connectivity index (χ0) is 12.0. The van der Waals surface area contributed by atoms with Crippen LogP contribution in [-0.4, -0.2) is 24.4 Å². The summed E-state index contributed by atoms with van der Waals surface area (Å²) < 4.78 is 17.4. The van der Waals surface area contributed by atoms with E-state index in [4.69, 9.17) is 10.8 Å². The van der Waals surface area contributed by atoms with E-state index in [9.17, 15) is 9.18 Å². The average molecular weight is 227 g/mol. The van der Waals surface area contributed by atoms with E-state index in [2.05, 4.69) is 4.74 Å². The van der Waals surface area contributed by atoms with Crippen molar-refractivity contribution in [3.8, 4) is 0 Å². The fourth-order valence-corrected chi connectivity index (χ4v) is 1.42. The minimum absolute atomic E-state index is 0.0375. The number of carbonyl (C=O) groups excluding carboxylic acids is 1. The SMILES string of the molecule is NC(=O)OC[C@@H](CCO)c1ccc(F)cc1. The Kier molecular flexibility index (Phi) is 4.72. The molecule has 1 aromatic carbocycles. The third kappa shape index (κ3) is 3.86. The molecule has 0 aliphatic rings. The number of nitrogens with two attached hydrogens (primary N) is 1. The molecule has 0 radical (unpaired) electrons. The third-order valence-electron chi connectivity index (χ3n) is 2.25.